The van der Waals surface area contributed by atoms with E-state index < -0.39 is 5.92 Å². The lowest BCUT2D eigenvalue weighted by Crippen LogP contribution is -2.26. The van der Waals surface area contributed by atoms with E-state index in [-0.39, 0.29) is 5.97 Å². The van der Waals surface area contributed by atoms with Gasteiger partial charge in [-0.15, -0.1) is 11.8 Å². The number of carbonyl (C=O) groups excluding carboxylic acids is 1. The summed E-state index contributed by atoms with van der Waals surface area (Å²) in [6, 6.07) is 18.0. The average molecular weight is 402 g/mol. The van der Waals surface area contributed by atoms with Gasteiger partial charge in [0.1, 0.15) is 18.3 Å². The predicted octanol–water partition coefficient (Wildman–Crippen LogP) is 4.60. The van der Waals surface area contributed by atoms with E-state index in [9.17, 15) is 4.79 Å². The van der Waals surface area contributed by atoms with Crippen LogP contribution in [0.25, 0.3) is 0 Å². The molecule has 2 aromatic carbocycles. The molecule has 0 bridgehead atoms. The maximum atomic E-state index is 12.1. The predicted molar refractivity (Wildman–Crippen MR) is 113 cm³/mol. The molecule has 28 heavy (non-hydrogen) atoms. The molecule has 2 aromatic rings. The summed E-state index contributed by atoms with van der Waals surface area (Å²) in [4.78, 5) is 18.4. The van der Waals surface area contributed by atoms with Crippen molar-refractivity contribution in [2.75, 3.05) is 26.1 Å². The Bertz CT molecular complexity index is 747. The number of ether oxygens (including phenoxy) is 2. The van der Waals surface area contributed by atoms with Crippen molar-refractivity contribution in [3.63, 3.8) is 0 Å². The van der Waals surface area contributed by atoms with E-state index in [1.165, 1.54) is 12.0 Å². The number of hydrogen-bond donors (Lipinski definition) is 0. The Morgan fingerprint density at radius 3 is 2.46 bits per heavy atom. The minimum Gasteiger partial charge on any atom is -0.493 e. The zero-order chi connectivity index (χ0) is 20.2. The van der Waals surface area contributed by atoms with Crippen molar-refractivity contribution >= 4 is 23.4 Å². The first-order valence-corrected chi connectivity index (χ1v) is 10.3. The number of thioether (sulfide) groups is 1. The van der Waals surface area contributed by atoms with Crippen molar-refractivity contribution in [3.05, 3.63) is 60.2 Å². The van der Waals surface area contributed by atoms with E-state index in [1.54, 1.807) is 18.7 Å². The highest BCUT2D eigenvalue weighted by Crippen LogP contribution is 2.19. The van der Waals surface area contributed by atoms with E-state index in [0.29, 0.717) is 25.3 Å². The first kappa shape index (κ1) is 21.8. The van der Waals surface area contributed by atoms with Crippen LogP contribution in [0.3, 0.4) is 0 Å². The van der Waals surface area contributed by atoms with Crippen LogP contribution in [-0.4, -0.2) is 37.8 Å². The lowest BCUT2D eigenvalue weighted by Gasteiger charge is -2.14. The number of benzene rings is 2. The number of oxime groups is 1. The van der Waals surface area contributed by atoms with Crippen LogP contribution in [0.4, 0.5) is 0 Å². The fourth-order valence-electron chi connectivity index (χ4n) is 2.57. The minimum absolute atomic E-state index is 0.320. The summed E-state index contributed by atoms with van der Waals surface area (Å²) in [6.07, 6.45) is 0.499. The van der Waals surface area contributed by atoms with Gasteiger partial charge in [-0.25, -0.2) is 0 Å². The number of rotatable bonds is 11. The van der Waals surface area contributed by atoms with E-state index in [0.717, 1.165) is 17.1 Å². The molecule has 5 nitrogen and oxygen atoms in total. The Kier molecular flexibility index (Phi) is 9.42. The van der Waals surface area contributed by atoms with Gasteiger partial charge in [-0.05, 0) is 50.1 Å². The summed E-state index contributed by atoms with van der Waals surface area (Å²) in [5.74, 6) is 0.903. The van der Waals surface area contributed by atoms with Crippen molar-refractivity contribution in [2.24, 2.45) is 11.1 Å². The number of carbonyl (C=O) groups is 1. The molecule has 2 rings (SSSR count). The number of nitrogens with zero attached hydrogens (tertiary/aromatic N) is 1. The second kappa shape index (κ2) is 12.1. The Morgan fingerprint density at radius 1 is 1.11 bits per heavy atom. The third-order valence-corrected chi connectivity index (χ3v) is 5.03. The van der Waals surface area contributed by atoms with Gasteiger partial charge in [0.15, 0.2) is 0 Å². The molecule has 1 atom stereocenters. The van der Waals surface area contributed by atoms with Gasteiger partial charge in [0.05, 0.1) is 19.4 Å². The zero-order valence-electron chi connectivity index (χ0n) is 16.6. The SMILES string of the molecule is CCO/N=C(\C)C(Cc1ccc(OCCSc2ccccc2)cc1)C(=O)OC. The van der Waals surface area contributed by atoms with E-state index >= 15 is 0 Å². The molecule has 0 aliphatic rings. The lowest BCUT2D eigenvalue weighted by molar-refractivity contribution is -0.143. The second-order valence-electron chi connectivity index (χ2n) is 6.08. The van der Waals surface area contributed by atoms with Crippen molar-refractivity contribution in [1.29, 1.82) is 0 Å². The van der Waals surface area contributed by atoms with Crippen molar-refractivity contribution in [1.82, 2.24) is 0 Å². The largest absolute Gasteiger partial charge is 0.493 e. The third-order valence-electron chi connectivity index (χ3n) is 4.05. The second-order valence-corrected chi connectivity index (χ2v) is 7.25. The van der Waals surface area contributed by atoms with Crippen LogP contribution in [0.1, 0.15) is 19.4 Å². The average Bonchev–Trinajstić information content (AvgIpc) is 2.74. The van der Waals surface area contributed by atoms with E-state index in [2.05, 4.69) is 17.3 Å². The molecule has 0 N–H and O–H groups in total. The molecule has 0 saturated carbocycles. The van der Waals surface area contributed by atoms with Gasteiger partial charge < -0.3 is 14.3 Å². The smallest absolute Gasteiger partial charge is 0.314 e. The maximum absolute atomic E-state index is 12.1. The Balaban J connectivity index is 1.86. The lowest BCUT2D eigenvalue weighted by atomic mass is 9.95. The Morgan fingerprint density at radius 2 is 1.82 bits per heavy atom. The third kappa shape index (κ3) is 7.27. The van der Waals surface area contributed by atoms with Gasteiger partial charge in [-0.1, -0.05) is 35.5 Å². The molecule has 0 spiro atoms. The van der Waals surface area contributed by atoms with Crippen LogP contribution in [0.15, 0.2) is 64.6 Å². The normalized spacial score (nSPS) is 12.3. The highest BCUT2D eigenvalue weighted by Gasteiger charge is 2.23. The molecule has 0 saturated heterocycles. The number of esters is 1. The van der Waals surface area contributed by atoms with Gasteiger partial charge in [0.25, 0.3) is 0 Å². The summed E-state index contributed by atoms with van der Waals surface area (Å²) in [6.45, 7) is 4.71. The molecule has 0 aliphatic heterocycles. The van der Waals surface area contributed by atoms with Crippen LogP contribution in [0, 0.1) is 5.92 Å². The summed E-state index contributed by atoms with van der Waals surface area (Å²) < 4.78 is 10.7. The van der Waals surface area contributed by atoms with Crippen LogP contribution in [-0.2, 0) is 20.8 Å². The molecular formula is C22H27NO4S. The van der Waals surface area contributed by atoms with Crippen LogP contribution in [0.2, 0.25) is 0 Å². The van der Waals surface area contributed by atoms with Crippen LogP contribution >= 0.6 is 11.8 Å². The molecule has 0 aliphatic carbocycles. The molecule has 0 heterocycles. The van der Waals surface area contributed by atoms with Crippen LogP contribution < -0.4 is 4.74 Å². The Hall–Kier alpha value is -2.47. The fourth-order valence-corrected chi connectivity index (χ4v) is 3.32. The van der Waals surface area contributed by atoms with Crippen molar-refractivity contribution < 1.29 is 19.1 Å². The van der Waals surface area contributed by atoms with Gasteiger partial charge in [0, 0.05) is 10.6 Å². The molecule has 0 amide bonds. The molecule has 0 fully saturated rings. The molecular weight excluding hydrogens is 374 g/mol. The Labute approximate surface area is 171 Å². The van der Waals surface area contributed by atoms with Gasteiger partial charge in [-0.3, -0.25) is 4.79 Å². The van der Waals surface area contributed by atoms with Gasteiger partial charge in [-0.2, -0.15) is 0 Å². The minimum atomic E-state index is -0.467. The molecule has 150 valence electrons. The molecule has 0 aromatic heterocycles. The summed E-state index contributed by atoms with van der Waals surface area (Å²) in [5, 5.41) is 3.99. The first-order chi connectivity index (χ1) is 13.6. The number of hydrogen-bond acceptors (Lipinski definition) is 6. The maximum Gasteiger partial charge on any atom is 0.314 e. The van der Waals surface area contributed by atoms with Crippen molar-refractivity contribution in [3.8, 4) is 5.75 Å². The fraction of sp³-hybridized carbons (Fsp3) is 0.364. The first-order valence-electron chi connectivity index (χ1n) is 9.28. The quantitative estimate of drug-likeness (QED) is 0.181. The summed E-state index contributed by atoms with van der Waals surface area (Å²) >= 11 is 1.77. The highest BCUT2D eigenvalue weighted by molar-refractivity contribution is 7.99. The van der Waals surface area contributed by atoms with Crippen LogP contribution in [0.5, 0.6) is 5.75 Å². The molecule has 6 heteroatoms. The van der Waals surface area contributed by atoms with Gasteiger partial charge in [0.2, 0.25) is 0 Å². The molecule has 1 unspecified atom stereocenters. The highest BCUT2D eigenvalue weighted by atomic mass is 32.2. The standard InChI is InChI=1S/C22H27NO4S/c1-4-27-23-17(2)21(22(24)25-3)16-18-10-12-19(13-11-18)26-14-15-28-20-8-6-5-7-9-20/h5-13,21H,4,14-16H2,1-3H3/b23-17+. The van der Waals surface area contributed by atoms with Gasteiger partial charge >= 0.3 is 5.97 Å². The number of methoxy groups -OCH3 is 1. The topological polar surface area (TPSA) is 57.1 Å². The zero-order valence-corrected chi connectivity index (χ0v) is 17.4. The monoisotopic (exact) mass is 401 g/mol. The summed E-state index contributed by atoms with van der Waals surface area (Å²) in [7, 11) is 1.38. The van der Waals surface area contributed by atoms with E-state index in [1.807, 2.05) is 49.4 Å². The van der Waals surface area contributed by atoms with E-state index in [4.69, 9.17) is 14.3 Å². The summed E-state index contributed by atoms with van der Waals surface area (Å²) in [5.41, 5.74) is 1.61. The van der Waals surface area contributed by atoms with Crippen molar-refractivity contribution in [2.45, 2.75) is 25.2 Å². The molecule has 0 radical (unpaired) electrons.